The third-order valence-corrected chi connectivity index (χ3v) is 3.32. The van der Waals surface area contributed by atoms with Gasteiger partial charge in [0, 0.05) is 12.0 Å². The number of nitrogens with zero attached hydrogens (tertiary/aromatic N) is 2. The van der Waals surface area contributed by atoms with Crippen LogP contribution in [0.4, 0.5) is 5.69 Å². The number of hydrogen-bond donors (Lipinski definition) is 1. The summed E-state index contributed by atoms with van der Waals surface area (Å²) in [5.74, 6) is 0. The van der Waals surface area contributed by atoms with Crippen LogP contribution in [-0.4, -0.2) is 9.36 Å². The Kier molecular flexibility index (Phi) is 3.75. The first-order chi connectivity index (χ1) is 9.38. The van der Waals surface area contributed by atoms with E-state index >= 15 is 0 Å². The molecule has 0 aliphatic carbocycles. The minimum Gasteiger partial charge on any atom is -0.393 e. The van der Waals surface area contributed by atoms with Gasteiger partial charge in [-0.1, -0.05) is 45.9 Å². The van der Waals surface area contributed by atoms with Gasteiger partial charge < -0.3 is 5.73 Å². The van der Waals surface area contributed by atoms with Gasteiger partial charge in [0.05, 0.1) is 11.4 Å². The summed E-state index contributed by atoms with van der Waals surface area (Å²) >= 11 is 0. The van der Waals surface area contributed by atoms with E-state index in [1.807, 2.05) is 35.0 Å². The van der Waals surface area contributed by atoms with Crippen LogP contribution in [0.2, 0.25) is 0 Å². The third kappa shape index (κ3) is 2.38. The van der Waals surface area contributed by atoms with Crippen LogP contribution in [-0.2, 0) is 12.0 Å². The highest BCUT2D eigenvalue weighted by molar-refractivity contribution is 5.50. The topological polar surface area (TPSA) is 52.9 Å². The first-order valence-electron chi connectivity index (χ1n) is 7.05. The maximum atomic E-state index is 12.4. The number of para-hydroxylation sites is 1. The van der Waals surface area contributed by atoms with Gasteiger partial charge in [-0.05, 0) is 18.6 Å². The highest BCUT2D eigenvalue weighted by Crippen LogP contribution is 2.28. The van der Waals surface area contributed by atoms with Crippen LogP contribution in [0.25, 0.3) is 5.69 Å². The standard InChI is InChI=1S/C16H23N3O/c1-5-11-18-15(20)13(17)14(16(2,3)4)19(18)12-9-7-6-8-10-12/h6-10H,5,11,17H2,1-4H3. The summed E-state index contributed by atoms with van der Waals surface area (Å²) in [7, 11) is 0. The highest BCUT2D eigenvalue weighted by atomic mass is 16.1. The Morgan fingerprint density at radius 1 is 1.15 bits per heavy atom. The highest BCUT2D eigenvalue weighted by Gasteiger charge is 2.27. The molecular weight excluding hydrogens is 250 g/mol. The fraction of sp³-hybridized carbons (Fsp3) is 0.438. The molecule has 1 heterocycles. The van der Waals surface area contributed by atoms with Gasteiger partial charge in [0.1, 0.15) is 5.69 Å². The van der Waals surface area contributed by atoms with E-state index in [9.17, 15) is 4.79 Å². The van der Waals surface area contributed by atoms with Crippen molar-refractivity contribution in [1.82, 2.24) is 9.36 Å². The van der Waals surface area contributed by atoms with Crippen LogP contribution in [0.1, 0.15) is 39.8 Å². The fourth-order valence-corrected chi connectivity index (χ4v) is 2.54. The Hall–Kier alpha value is -1.97. The molecule has 0 aliphatic heterocycles. The van der Waals surface area contributed by atoms with Crippen LogP contribution in [0.5, 0.6) is 0 Å². The van der Waals surface area contributed by atoms with Crippen LogP contribution in [0, 0.1) is 0 Å². The van der Waals surface area contributed by atoms with Crippen LogP contribution in [0.3, 0.4) is 0 Å². The molecule has 0 aliphatic rings. The molecule has 0 saturated heterocycles. The molecular formula is C16H23N3O. The van der Waals surface area contributed by atoms with Crippen molar-refractivity contribution in [3.8, 4) is 5.69 Å². The van der Waals surface area contributed by atoms with Crippen molar-refractivity contribution >= 4 is 5.69 Å². The lowest BCUT2D eigenvalue weighted by molar-refractivity contribution is 0.473. The average Bonchev–Trinajstić information content (AvgIpc) is 2.65. The zero-order chi connectivity index (χ0) is 14.9. The largest absolute Gasteiger partial charge is 0.393 e. The second kappa shape index (κ2) is 5.19. The molecule has 0 bridgehead atoms. The van der Waals surface area contributed by atoms with E-state index in [0.717, 1.165) is 17.8 Å². The Bertz CT molecular complexity index is 645. The van der Waals surface area contributed by atoms with Crippen molar-refractivity contribution in [2.24, 2.45) is 0 Å². The summed E-state index contributed by atoms with van der Waals surface area (Å²) < 4.78 is 3.71. The van der Waals surface area contributed by atoms with Gasteiger partial charge in [0.2, 0.25) is 0 Å². The molecule has 0 radical (unpaired) electrons. The van der Waals surface area contributed by atoms with Crippen LogP contribution < -0.4 is 11.3 Å². The van der Waals surface area contributed by atoms with E-state index in [0.29, 0.717) is 12.2 Å². The molecule has 2 N–H and O–H groups in total. The second-order valence-electron chi connectivity index (χ2n) is 6.09. The molecule has 20 heavy (non-hydrogen) atoms. The molecule has 4 nitrogen and oxygen atoms in total. The Morgan fingerprint density at radius 3 is 2.25 bits per heavy atom. The first-order valence-corrected chi connectivity index (χ1v) is 7.05. The number of anilines is 1. The van der Waals surface area contributed by atoms with Gasteiger partial charge in [-0.3, -0.25) is 9.48 Å². The number of hydrogen-bond acceptors (Lipinski definition) is 2. The molecule has 0 saturated carbocycles. The summed E-state index contributed by atoms with van der Waals surface area (Å²) in [5, 5.41) is 0. The molecule has 108 valence electrons. The van der Waals surface area contributed by atoms with Gasteiger partial charge in [-0.25, -0.2) is 4.68 Å². The molecule has 4 heteroatoms. The van der Waals surface area contributed by atoms with Crippen molar-refractivity contribution in [2.75, 3.05) is 5.73 Å². The summed E-state index contributed by atoms with van der Waals surface area (Å²) in [5.41, 5.74) is 8.02. The van der Waals surface area contributed by atoms with Crippen LogP contribution >= 0.6 is 0 Å². The molecule has 1 aromatic carbocycles. The van der Waals surface area contributed by atoms with E-state index in [-0.39, 0.29) is 11.0 Å². The van der Waals surface area contributed by atoms with Crippen molar-refractivity contribution in [1.29, 1.82) is 0 Å². The first kappa shape index (κ1) is 14.4. The third-order valence-electron chi connectivity index (χ3n) is 3.32. The van der Waals surface area contributed by atoms with Gasteiger partial charge in [-0.2, -0.15) is 0 Å². The maximum Gasteiger partial charge on any atom is 0.290 e. The molecule has 0 amide bonds. The van der Waals surface area contributed by atoms with E-state index in [1.165, 1.54) is 0 Å². The lowest BCUT2D eigenvalue weighted by Crippen LogP contribution is -2.24. The Morgan fingerprint density at radius 2 is 1.75 bits per heavy atom. The molecule has 1 aromatic heterocycles. The number of benzene rings is 1. The smallest absolute Gasteiger partial charge is 0.290 e. The second-order valence-corrected chi connectivity index (χ2v) is 6.09. The summed E-state index contributed by atoms with van der Waals surface area (Å²) in [6, 6.07) is 9.91. The summed E-state index contributed by atoms with van der Waals surface area (Å²) in [6.45, 7) is 8.95. The molecule has 0 spiro atoms. The Balaban J connectivity index is 2.82. The van der Waals surface area contributed by atoms with Gasteiger partial charge in [-0.15, -0.1) is 0 Å². The van der Waals surface area contributed by atoms with Gasteiger partial charge in [0.25, 0.3) is 5.56 Å². The monoisotopic (exact) mass is 273 g/mol. The van der Waals surface area contributed by atoms with E-state index < -0.39 is 0 Å². The number of nitrogens with two attached hydrogens (primary N) is 1. The molecule has 0 atom stereocenters. The predicted octanol–water partition coefficient (Wildman–Crippen LogP) is 2.93. The molecule has 0 unspecified atom stereocenters. The number of aromatic nitrogens is 2. The van der Waals surface area contributed by atoms with Crippen molar-refractivity contribution in [2.45, 2.75) is 46.1 Å². The number of rotatable bonds is 3. The SMILES string of the molecule is CCCn1c(=O)c(N)c(C(C)(C)C)n1-c1ccccc1. The lowest BCUT2D eigenvalue weighted by atomic mass is 9.91. The molecule has 0 fully saturated rings. The minimum atomic E-state index is -0.196. The average molecular weight is 273 g/mol. The lowest BCUT2D eigenvalue weighted by Gasteiger charge is -2.23. The predicted molar refractivity (Wildman–Crippen MR) is 83.4 cm³/mol. The molecule has 2 rings (SSSR count). The zero-order valence-electron chi connectivity index (χ0n) is 12.7. The van der Waals surface area contributed by atoms with Crippen molar-refractivity contribution in [3.63, 3.8) is 0 Å². The van der Waals surface area contributed by atoms with Gasteiger partial charge in [0.15, 0.2) is 0 Å². The maximum absolute atomic E-state index is 12.4. The van der Waals surface area contributed by atoms with Crippen molar-refractivity contribution < 1.29 is 0 Å². The van der Waals surface area contributed by atoms with Gasteiger partial charge >= 0.3 is 0 Å². The number of nitrogen functional groups attached to an aromatic ring is 1. The van der Waals surface area contributed by atoms with E-state index in [4.69, 9.17) is 5.73 Å². The summed E-state index contributed by atoms with van der Waals surface area (Å²) in [4.78, 5) is 12.4. The molecule has 2 aromatic rings. The normalized spacial score (nSPS) is 11.8. The minimum absolute atomic E-state index is 0.0966. The Labute approximate surface area is 119 Å². The van der Waals surface area contributed by atoms with E-state index in [1.54, 1.807) is 4.68 Å². The zero-order valence-corrected chi connectivity index (χ0v) is 12.7. The quantitative estimate of drug-likeness (QED) is 0.934. The fourth-order valence-electron chi connectivity index (χ4n) is 2.54. The summed E-state index contributed by atoms with van der Waals surface area (Å²) in [6.07, 6.45) is 0.889. The van der Waals surface area contributed by atoms with E-state index in [2.05, 4.69) is 27.7 Å². The van der Waals surface area contributed by atoms with Crippen molar-refractivity contribution in [3.05, 3.63) is 46.4 Å². The van der Waals surface area contributed by atoms with Crippen LogP contribution in [0.15, 0.2) is 35.1 Å².